The van der Waals surface area contributed by atoms with Gasteiger partial charge in [-0.3, -0.25) is 4.79 Å². The number of piperidine rings is 1. The summed E-state index contributed by atoms with van der Waals surface area (Å²) in [5, 5.41) is 0. The molecule has 0 amide bonds. The van der Waals surface area contributed by atoms with Gasteiger partial charge in [-0.1, -0.05) is 12.1 Å². The molecule has 0 bridgehead atoms. The summed E-state index contributed by atoms with van der Waals surface area (Å²) in [6.07, 6.45) is -0.346. The van der Waals surface area contributed by atoms with E-state index in [1.807, 2.05) is 0 Å². The highest BCUT2D eigenvalue weighted by atomic mass is 32.2. The second-order valence-electron chi connectivity index (χ2n) is 7.07. The maximum Gasteiger partial charge on any atom is 0.347 e. The van der Waals surface area contributed by atoms with E-state index in [-0.39, 0.29) is 42.5 Å². The van der Waals surface area contributed by atoms with Crippen LogP contribution in [0.25, 0.3) is 0 Å². The highest BCUT2D eigenvalue weighted by Gasteiger charge is 2.39. The molecule has 0 N–H and O–H groups in total. The normalized spacial score (nSPS) is 23.4. The Morgan fingerprint density at radius 3 is 2.41 bits per heavy atom. The van der Waals surface area contributed by atoms with Crippen molar-refractivity contribution in [2.24, 2.45) is 5.92 Å². The molecule has 10 heteroatoms. The molecular formula is C19H23NO8S. The third-order valence-corrected chi connectivity index (χ3v) is 7.04. The molecule has 2 fully saturated rings. The fourth-order valence-electron chi connectivity index (χ4n) is 3.49. The van der Waals surface area contributed by atoms with Crippen molar-refractivity contribution in [1.29, 1.82) is 0 Å². The van der Waals surface area contributed by atoms with E-state index in [1.54, 1.807) is 13.0 Å². The van der Waals surface area contributed by atoms with Gasteiger partial charge < -0.3 is 14.2 Å². The fraction of sp³-hybridized carbons (Fsp3) is 0.526. The summed E-state index contributed by atoms with van der Waals surface area (Å²) in [6, 6.07) is 5.84. The molecule has 0 saturated carbocycles. The van der Waals surface area contributed by atoms with Gasteiger partial charge in [0.2, 0.25) is 16.1 Å². The zero-order valence-electron chi connectivity index (χ0n) is 16.2. The molecule has 0 aromatic heterocycles. The molecule has 158 valence electrons. The van der Waals surface area contributed by atoms with Gasteiger partial charge in [-0.2, -0.15) is 4.31 Å². The summed E-state index contributed by atoms with van der Waals surface area (Å²) in [6.45, 7) is 1.92. The van der Waals surface area contributed by atoms with E-state index in [1.165, 1.54) is 29.6 Å². The number of methoxy groups -OCH3 is 1. The Hall–Kier alpha value is -2.46. The van der Waals surface area contributed by atoms with Gasteiger partial charge in [-0.25, -0.2) is 18.0 Å². The Morgan fingerprint density at radius 1 is 1.17 bits per heavy atom. The van der Waals surface area contributed by atoms with Crippen LogP contribution in [0.4, 0.5) is 0 Å². The van der Waals surface area contributed by atoms with Crippen LogP contribution in [0.5, 0.6) is 0 Å². The minimum atomic E-state index is -3.93. The molecule has 0 unspecified atom stereocenters. The Balaban J connectivity index is 1.65. The van der Waals surface area contributed by atoms with Crippen LogP contribution < -0.4 is 0 Å². The fourth-order valence-corrected chi connectivity index (χ4v) is 5.14. The molecule has 2 saturated heterocycles. The van der Waals surface area contributed by atoms with Crippen molar-refractivity contribution in [3.8, 4) is 0 Å². The Bertz CT molecular complexity index is 905. The summed E-state index contributed by atoms with van der Waals surface area (Å²) < 4.78 is 42.1. The van der Waals surface area contributed by atoms with E-state index in [2.05, 4.69) is 4.74 Å². The Morgan fingerprint density at radius 2 is 1.83 bits per heavy atom. The quantitative estimate of drug-likeness (QED) is 0.509. The van der Waals surface area contributed by atoms with Gasteiger partial charge >= 0.3 is 17.9 Å². The highest BCUT2D eigenvalue weighted by Crippen LogP contribution is 2.28. The van der Waals surface area contributed by atoms with E-state index in [9.17, 15) is 22.8 Å². The number of carbonyl (C=O) groups excluding carboxylic acids is 3. The van der Waals surface area contributed by atoms with Gasteiger partial charge in [-0.15, -0.1) is 0 Å². The van der Waals surface area contributed by atoms with Gasteiger partial charge in [0, 0.05) is 19.5 Å². The number of carbonyl (C=O) groups is 3. The number of rotatable bonds is 5. The zero-order valence-corrected chi connectivity index (χ0v) is 17.0. The number of ether oxygens (including phenoxy) is 3. The lowest BCUT2D eigenvalue weighted by Gasteiger charge is -2.30. The van der Waals surface area contributed by atoms with Gasteiger partial charge in [0.25, 0.3) is 0 Å². The smallest absolute Gasteiger partial charge is 0.347 e. The molecule has 9 nitrogen and oxygen atoms in total. The maximum atomic E-state index is 13.0. The van der Waals surface area contributed by atoms with Crippen LogP contribution in [0.15, 0.2) is 29.2 Å². The standard InChI is InChI=1S/C19H23NO8S/c1-12-11-15(19(23)27-12)28-17(21)13-7-9-20(10-8-13)29(24,25)16-6-4-3-5-14(16)18(22)26-2/h3-6,12-13,15H,7-11H2,1-2H3/t12-,15-/m1/s1. The Labute approximate surface area is 169 Å². The van der Waals surface area contributed by atoms with Crippen LogP contribution >= 0.6 is 0 Å². The van der Waals surface area contributed by atoms with Crippen molar-refractivity contribution >= 4 is 27.9 Å². The van der Waals surface area contributed by atoms with Crippen LogP contribution in [0, 0.1) is 5.92 Å². The predicted molar refractivity (Wildman–Crippen MR) is 99.3 cm³/mol. The summed E-state index contributed by atoms with van der Waals surface area (Å²) in [4.78, 5) is 35.8. The predicted octanol–water partition coefficient (Wildman–Crippen LogP) is 1.12. The van der Waals surface area contributed by atoms with Crippen LogP contribution in [-0.2, 0) is 33.8 Å². The molecule has 1 aromatic rings. The first-order valence-corrected chi connectivity index (χ1v) is 10.8. The SMILES string of the molecule is COC(=O)c1ccccc1S(=O)(=O)N1CCC(C(=O)O[C@@H]2C[C@@H](C)OC2=O)CC1. The third kappa shape index (κ3) is 4.43. The highest BCUT2D eigenvalue weighted by molar-refractivity contribution is 7.89. The van der Waals surface area contributed by atoms with E-state index in [0.29, 0.717) is 6.42 Å². The summed E-state index contributed by atoms with van der Waals surface area (Å²) >= 11 is 0. The largest absolute Gasteiger partial charge is 0.465 e. The first-order chi connectivity index (χ1) is 13.7. The van der Waals surface area contributed by atoms with E-state index in [0.717, 1.165) is 0 Å². The maximum absolute atomic E-state index is 13.0. The topological polar surface area (TPSA) is 116 Å². The zero-order chi connectivity index (χ0) is 21.2. The molecule has 0 radical (unpaired) electrons. The number of cyclic esters (lactones) is 1. The van der Waals surface area contributed by atoms with Gasteiger partial charge in [0.1, 0.15) is 6.10 Å². The lowest BCUT2D eigenvalue weighted by atomic mass is 9.98. The summed E-state index contributed by atoms with van der Waals surface area (Å²) in [5.74, 6) is -2.31. The summed E-state index contributed by atoms with van der Waals surface area (Å²) in [7, 11) is -2.74. The molecular weight excluding hydrogens is 402 g/mol. The molecule has 0 spiro atoms. The minimum absolute atomic E-state index is 0.0367. The van der Waals surface area contributed by atoms with Crippen LogP contribution in [-0.4, -0.2) is 63.0 Å². The molecule has 2 heterocycles. The van der Waals surface area contributed by atoms with Crippen LogP contribution in [0.1, 0.15) is 36.5 Å². The van der Waals surface area contributed by atoms with Crippen molar-refractivity contribution in [3.63, 3.8) is 0 Å². The number of esters is 3. The first-order valence-electron chi connectivity index (χ1n) is 9.32. The van der Waals surface area contributed by atoms with E-state index < -0.39 is 40.0 Å². The third-order valence-electron chi connectivity index (χ3n) is 5.08. The molecule has 2 aliphatic heterocycles. The number of benzene rings is 1. The molecule has 1 aromatic carbocycles. The second-order valence-corrected chi connectivity index (χ2v) is 8.98. The Kier molecular flexibility index (Phi) is 6.23. The number of hydrogen-bond donors (Lipinski definition) is 0. The van der Waals surface area contributed by atoms with Crippen molar-refractivity contribution in [2.45, 2.75) is 43.3 Å². The average Bonchev–Trinajstić information content (AvgIpc) is 3.04. The molecule has 2 aliphatic rings. The van der Waals surface area contributed by atoms with Crippen molar-refractivity contribution in [2.75, 3.05) is 20.2 Å². The first kappa shape index (κ1) is 21.3. The lowest BCUT2D eigenvalue weighted by Crippen LogP contribution is -2.41. The van der Waals surface area contributed by atoms with Crippen molar-refractivity contribution in [1.82, 2.24) is 4.31 Å². The van der Waals surface area contributed by atoms with E-state index >= 15 is 0 Å². The molecule has 2 atom stereocenters. The number of sulfonamides is 1. The number of nitrogens with zero attached hydrogens (tertiary/aromatic N) is 1. The lowest BCUT2D eigenvalue weighted by molar-refractivity contribution is -0.164. The monoisotopic (exact) mass is 425 g/mol. The minimum Gasteiger partial charge on any atom is -0.465 e. The van der Waals surface area contributed by atoms with Crippen LogP contribution in [0.2, 0.25) is 0 Å². The van der Waals surface area contributed by atoms with Gasteiger partial charge in [-0.05, 0) is 31.9 Å². The summed E-state index contributed by atoms with van der Waals surface area (Å²) in [5.41, 5.74) is -0.0367. The molecule has 0 aliphatic carbocycles. The average molecular weight is 425 g/mol. The molecule has 29 heavy (non-hydrogen) atoms. The van der Waals surface area contributed by atoms with Crippen molar-refractivity contribution < 1.29 is 37.0 Å². The van der Waals surface area contributed by atoms with Crippen molar-refractivity contribution in [3.05, 3.63) is 29.8 Å². The molecule has 3 rings (SSSR count). The second kappa shape index (κ2) is 8.50. The van der Waals surface area contributed by atoms with Crippen LogP contribution in [0.3, 0.4) is 0 Å². The van der Waals surface area contributed by atoms with Gasteiger partial charge in [0.05, 0.1) is 23.5 Å². The number of hydrogen-bond acceptors (Lipinski definition) is 8. The van der Waals surface area contributed by atoms with Gasteiger partial charge in [0.15, 0.2) is 0 Å². The van der Waals surface area contributed by atoms with E-state index in [4.69, 9.17) is 9.47 Å².